The summed E-state index contributed by atoms with van der Waals surface area (Å²) < 4.78 is 25.6. The molecule has 0 aliphatic carbocycles. The highest BCUT2D eigenvalue weighted by atomic mass is 32.2. The van der Waals surface area contributed by atoms with Crippen molar-refractivity contribution in [2.75, 3.05) is 25.9 Å². The fraction of sp³-hybridized carbons (Fsp3) is 0.600. The Kier molecular flexibility index (Phi) is 4.83. The lowest BCUT2D eigenvalue weighted by molar-refractivity contribution is 0.109. The summed E-state index contributed by atoms with van der Waals surface area (Å²) in [6.07, 6.45) is 2.09. The van der Waals surface area contributed by atoms with Crippen molar-refractivity contribution in [1.82, 2.24) is 9.21 Å². The third kappa shape index (κ3) is 3.81. The molecule has 1 aromatic rings. The van der Waals surface area contributed by atoms with Crippen LogP contribution >= 0.6 is 0 Å². The number of benzene rings is 1. The van der Waals surface area contributed by atoms with E-state index in [4.69, 9.17) is 0 Å². The van der Waals surface area contributed by atoms with Gasteiger partial charge in [0.25, 0.3) is 0 Å². The van der Waals surface area contributed by atoms with E-state index >= 15 is 0 Å². The summed E-state index contributed by atoms with van der Waals surface area (Å²) in [4.78, 5) is 2.36. The quantitative estimate of drug-likeness (QED) is 0.847. The molecule has 4 nitrogen and oxygen atoms in total. The summed E-state index contributed by atoms with van der Waals surface area (Å²) in [6, 6.07) is 10.6. The largest absolute Gasteiger partial charge is 0.298 e. The molecule has 1 aromatic carbocycles. The Morgan fingerprint density at radius 3 is 2.40 bits per heavy atom. The first-order chi connectivity index (χ1) is 9.38. The Bertz CT molecular complexity index is 528. The second-order valence-electron chi connectivity index (χ2n) is 5.81. The van der Waals surface area contributed by atoms with E-state index in [2.05, 4.69) is 30.9 Å². The molecule has 1 aliphatic heterocycles. The smallest absolute Gasteiger partial charge is 0.211 e. The van der Waals surface area contributed by atoms with E-state index in [1.165, 1.54) is 11.8 Å². The fourth-order valence-corrected chi connectivity index (χ4v) is 3.92. The topological polar surface area (TPSA) is 40.6 Å². The standard InChI is InChI=1S/C15H24N2O2S/c1-13(2)16-9-10-17(20(3,18)19)15(12-16)11-14-7-5-4-6-8-14/h4-8,13,15H,9-12H2,1-3H3. The minimum Gasteiger partial charge on any atom is -0.298 e. The third-order valence-corrected chi connectivity index (χ3v) is 5.26. The summed E-state index contributed by atoms with van der Waals surface area (Å²) >= 11 is 0. The van der Waals surface area contributed by atoms with Crippen LogP contribution in [0.3, 0.4) is 0 Å². The third-order valence-electron chi connectivity index (χ3n) is 3.93. The minimum atomic E-state index is -3.14. The highest BCUT2D eigenvalue weighted by Gasteiger charge is 2.33. The highest BCUT2D eigenvalue weighted by Crippen LogP contribution is 2.19. The molecule has 0 N–H and O–H groups in total. The van der Waals surface area contributed by atoms with Crippen molar-refractivity contribution in [3.8, 4) is 0 Å². The maximum atomic E-state index is 12.0. The monoisotopic (exact) mass is 296 g/mol. The van der Waals surface area contributed by atoms with Gasteiger partial charge in [0.1, 0.15) is 0 Å². The van der Waals surface area contributed by atoms with Crippen LogP contribution in [-0.2, 0) is 16.4 Å². The second-order valence-corrected chi connectivity index (χ2v) is 7.74. The Morgan fingerprint density at radius 2 is 1.85 bits per heavy atom. The first-order valence-corrected chi connectivity index (χ1v) is 8.97. The van der Waals surface area contributed by atoms with Crippen molar-refractivity contribution in [2.45, 2.75) is 32.4 Å². The van der Waals surface area contributed by atoms with E-state index in [9.17, 15) is 8.42 Å². The summed E-state index contributed by atoms with van der Waals surface area (Å²) in [6.45, 7) is 6.54. The predicted octanol–water partition coefficient (Wildman–Crippen LogP) is 1.58. The van der Waals surface area contributed by atoms with Crippen molar-refractivity contribution in [3.05, 3.63) is 35.9 Å². The maximum Gasteiger partial charge on any atom is 0.211 e. The highest BCUT2D eigenvalue weighted by molar-refractivity contribution is 7.88. The number of nitrogens with zero attached hydrogens (tertiary/aromatic N) is 2. The lowest BCUT2D eigenvalue weighted by Crippen LogP contribution is -2.57. The zero-order valence-corrected chi connectivity index (χ0v) is 13.3. The number of rotatable bonds is 4. The summed E-state index contributed by atoms with van der Waals surface area (Å²) in [5.41, 5.74) is 1.19. The van der Waals surface area contributed by atoms with Crippen LogP contribution in [0, 0.1) is 0 Å². The van der Waals surface area contributed by atoms with Crippen LogP contribution in [0.1, 0.15) is 19.4 Å². The first-order valence-electron chi connectivity index (χ1n) is 7.12. The van der Waals surface area contributed by atoms with Crippen LogP contribution in [0.2, 0.25) is 0 Å². The molecule has 0 bridgehead atoms. The normalized spacial score (nSPS) is 22.3. The lowest BCUT2D eigenvalue weighted by Gasteiger charge is -2.41. The van der Waals surface area contributed by atoms with Crippen molar-refractivity contribution in [2.24, 2.45) is 0 Å². The second kappa shape index (κ2) is 6.24. The average molecular weight is 296 g/mol. The zero-order chi connectivity index (χ0) is 14.8. The Labute approximate surface area is 122 Å². The van der Waals surface area contributed by atoms with Gasteiger partial charge in [-0.15, -0.1) is 0 Å². The van der Waals surface area contributed by atoms with Gasteiger partial charge >= 0.3 is 0 Å². The molecular formula is C15H24N2O2S. The van der Waals surface area contributed by atoms with Crippen molar-refractivity contribution < 1.29 is 8.42 Å². The Hall–Kier alpha value is -0.910. The van der Waals surface area contributed by atoms with Crippen LogP contribution in [0.15, 0.2) is 30.3 Å². The first kappa shape index (κ1) is 15.5. The van der Waals surface area contributed by atoms with E-state index in [1.54, 1.807) is 4.31 Å². The fourth-order valence-electron chi connectivity index (χ4n) is 2.82. The Balaban J connectivity index is 2.18. The number of hydrogen-bond acceptors (Lipinski definition) is 3. The zero-order valence-electron chi connectivity index (χ0n) is 12.5. The summed E-state index contributed by atoms with van der Waals surface area (Å²) in [5, 5.41) is 0. The molecule has 5 heteroatoms. The van der Waals surface area contributed by atoms with E-state index in [0.717, 1.165) is 19.5 Å². The van der Waals surface area contributed by atoms with E-state index in [0.29, 0.717) is 12.6 Å². The van der Waals surface area contributed by atoms with Crippen LogP contribution in [0.25, 0.3) is 0 Å². The van der Waals surface area contributed by atoms with Crippen LogP contribution < -0.4 is 0 Å². The molecule has 0 spiro atoms. The molecule has 1 heterocycles. The minimum absolute atomic E-state index is 0.0311. The molecule has 20 heavy (non-hydrogen) atoms. The van der Waals surface area contributed by atoms with Gasteiger partial charge in [0, 0.05) is 31.7 Å². The van der Waals surface area contributed by atoms with Gasteiger partial charge in [-0.2, -0.15) is 4.31 Å². The van der Waals surface area contributed by atoms with Gasteiger partial charge in [-0.3, -0.25) is 4.90 Å². The van der Waals surface area contributed by atoms with E-state index in [1.807, 2.05) is 18.2 Å². The summed E-state index contributed by atoms with van der Waals surface area (Å²) in [5.74, 6) is 0. The molecule has 1 saturated heterocycles. The van der Waals surface area contributed by atoms with Gasteiger partial charge in [0.05, 0.1) is 6.26 Å². The molecule has 1 atom stereocenters. The molecule has 1 aliphatic rings. The van der Waals surface area contributed by atoms with Crippen molar-refractivity contribution in [3.63, 3.8) is 0 Å². The number of hydrogen-bond donors (Lipinski definition) is 0. The van der Waals surface area contributed by atoms with Gasteiger partial charge in [-0.05, 0) is 25.8 Å². The SMILES string of the molecule is CC(C)N1CCN(S(C)(=O)=O)C(Cc2ccccc2)C1. The molecular weight excluding hydrogens is 272 g/mol. The number of sulfonamides is 1. The molecule has 0 saturated carbocycles. The average Bonchev–Trinajstić information content (AvgIpc) is 2.38. The van der Waals surface area contributed by atoms with Crippen LogP contribution in [0.5, 0.6) is 0 Å². The molecule has 0 radical (unpaired) electrons. The van der Waals surface area contributed by atoms with Gasteiger partial charge in [0.15, 0.2) is 0 Å². The molecule has 112 valence electrons. The van der Waals surface area contributed by atoms with Crippen LogP contribution in [0.4, 0.5) is 0 Å². The van der Waals surface area contributed by atoms with E-state index in [-0.39, 0.29) is 6.04 Å². The van der Waals surface area contributed by atoms with Crippen molar-refractivity contribution in [1.29, 1.82) is 0 Å². The molecule has 1 fully saturated rings. The molecule has 0 amide bonds. The predicted molar refractivity (Wildman–Crippen MR) is 82.2 cm³/mol. The Morgan fingerprint density at radius 1 is 1.20 bits per heavy atom. The summed E-state index contributed by atoms with van der Waals surface area (Å²) in [7, 11) is -3.14. The lowest BCUT2D eigenvalue weighted by atomic mass is 10.0. The van der Waals surface area contributed by atoms with E-state index < -0.39 is 10.0 Å². The van der Waals surface area contributed by atoms with Gasteiger partial charge in [-0.1, -0.05) is 30.3 Å². The van der Waals surface area contributed by atoms with Crippen LogP contribution in [-0.4, -0.2) is 55.6 Å². The van der Waals surface area contributed by atoms with Gasteiger partial charge < -0.3 is 0 Å². The van der Waals surface area contributed by atoms with Gasteiger partial charge in [-0.25, -0.2) is 8.42 Å². The van der Waals surface area contributed by atoms with Crippen molar-refractivity contribution >= 4 is 10.0 Å². The van der Waals surface area contributed by atoms with Gasteiger partial charge in [0.2, 0.25) is 10.0 Å². The molecule has 0 aromatic heterocycles. The molecule has 2 rings (SSSR count). The molecule has 1 unspecified atom stereocenters. The number of piperazine rings is 1. The maximum absolute atomic E-state index is 12.0.